The summed E-state index contributed by atoms with van der Waals surface area (Å²) in [6.45, 7) is 1.84. The minimum absolute atomic E-state index is 0.300. The summed E-state index contributed by atoms with van der Waals surface area (Å²) in [4.78, 5) is 38.0. The maximum absolute atomic E-state index is 12.9. The Balaban J connectivity index is 1.69. The van der Waals surface area contributed by atoms with Crippen LogP contribution in [0.4, 0.5) is 10.5 Å². The lowest BCUT2D eigenvalue weighted by Crippen LogP contribution is -2.65. The topological polar surface area (TPSA) is 94.2 Å². The van der Waals surface area contributed by atoms with Gasteiger partial charge in [-0.2, -0.15) is 0 Å². The van der Waals surface area contributed by atoms with Crippen molar-refractivity contribution in [2.24, 2.45) is 0 Å². The first-order valence-electron chi connectivity index (χ1n) is 9.06. The van der Waals surface area contributed by atoms with E-state index in [4.69, 9.17) is 14.2 Å². The van der Waals surface area contributed by atoms with E-state index in [0.29, 0.717) is 29.0 Å². The third-order valence-corrected chi connectivity index (χ3v) is 5.24. The first-order valence-corrected chi connectivity index (χ1v) is 9.06. The molecule has 0 aromatic heterocycles. The number of hydrogen-bond donors (Lipinski definition) is 1. The maximum Gasteiger partial charge on any atom is 0.337 e. The summed E-state index contributed by atoms with van der Waals surface area (Å²) in [6, 6.07) is 11.0. The molecule has 2 aromatic carbocycles. The number of hydrogen-bond acceptors (Lipinski definition) is 6. The highest BCUT2D eigenvalue weighted by Gasteiger charge is 2.50. The molecule has 0 radical (unpaired) electrons. The molecule has 0 aliphatic carbocycles. The van der Waals surface area contributed by atoms with Gasteiger partial charge in [0, 0.05) is 17.7 Å². The van der Waals surface area contributed by atoms with Gasteiger partial charge in [0.15, 0.2) is 5.72 Å². The molecule has 2 aromatic rings. The van der Waals surface area contributed by atoms with Gasteiger partial charge in [0.2, 0.25) is 0 Å². The van der Waals surface area contributed by atoms with Crippen molar-refractivity contribution in [2.75, 3.05) is 19.1 Å². The zero-order valence-electron chi connectivity index (χ0n) is 16.2. The number of esters is 2. The Hall–Kier alpha value is -3.55. The number of ether oxygens (including phenoxy) is 3. The van der Waals surface area contributed by atoms with Crippen LogP contribution in [0.15, 0.2) is 42.5 Å². The van der Waals surface area contributed by atoms with Crippen LogP contribution in [0.3, 0.4) is 0 Å². The van der Waals surface area contributed by atoms with Crippen LogP contribution in [0.1, 0.15) is 45.7 Å². The molecular weight excluding hydrogens is 376 g/mol. The molecule has 1 N–H and O–H groups in total. The lowest BCUT2D eigenvalue weighted by Gasteiger charge is -2.50. The number of benzene rings is 2. The molecule has 4 rings (SSSR count). The molecule has 8 nitrogen and oxygen atoms in total. The molecule has 2 bridgehead atoms. The average molecular weight is 396 g/mol. The largest absolute Gasteiger partial charge is 0.467 e. The predicted octanol–water partition coefficient (Wildman–Crippen LogP) is 3.03. The molecule has 1 fully saturated rings. The standard InChI is InChI=1S/C21H20N2O6/c1-21-11-16(15-10-13(19(25)28-3)6-9-17(15)29-21)22-20(26)23(21)14-7-4-12(5-8-14)18(24)27-2/h4-10,16H,11H2,1-3H3,(H,22,26). The first-order chi connectivity index (χ1) is 13.9. The van der Waals surface area contributed by atoms with E-state index >= 15 is 0 Å². The van der Waals surface area contributed by atoms with Crippen LogP contribution in [0.5, 0.6) is 5.75 Å². The van der Waals surface area contributed by atoms with Gasteiger partial charge in [0.05, 0.1) is 31.4 Å². The van der Waals surface area contributed by atoms with Crippen molar-refractivity contribution < 1.29 is 28.6 Å². The molecule has 29 heavy (non-hydrogen) atoms. The highest BCUT2D eigenvalue weighted by molar-refractivity contribution is 5.96. The highest BCUT2D eigenvalue weighted by Crippen LogP contribution is 2.45. The fourth-order valence-electron chi connectivity index (χ4n) is 3.87. The van der Waals surface area contributed by atoms with Crippen LogP contribution < -0.4 is 15.0 Å². The van der Waals surface area contributed by atoms with Gasteiger partial charge in [-0.25, -0.2) is 14.4 Å². The summed E-state index contributed by atoms with van der Waals surface area (Å²) >= 11 is 0. The average Bonchev–Trinajstić information content (AvgIpc) is 2.72. The normalized spacial score (nSPS) is 22.1. The Bertz CT molecular complexity index is 1000. The van der Waals surface area contributed by atoms with Crippen LogP contribution in [-0.2, 0) is 9.47 Å². The molecule has 0 spiro atoms. The molecule has 0 saturated carbocycles. The summed E-state index contributed by atoms with van der Waals surface area (Å²) in [5, 5.41) is 2.97. The van der Waals surface area contributed by atoms with Crippen molar-refractivity contribution in [3.8, 4) is 5.75 Å². The maximum atomic E-state index is 12.9. The Morgan fingerprint density at radius 2 is 1.69 bits per heavy atom. The van der Waals surface area contributed by atoms with E-state index < -0.39 is 17.7 Å². The van der Waals surface area contributed by atoms with Crippen molar-refractivity contribution in [3.05, 3.63) is 59.2 Å². The lowest BCUT2D eigenvalue weighted by atomic mass is 9.89. The summed E-state index contributed by atoms with van der Waals surface area (Å²) in [5.41, 5.74) is 1.18. The molecule has 2 atom stereocenters. The van der Waals surface area contributed by atoms with Gasteiger partial charge in [0.25, 0.3) is 0 Å². The molecule has 2 heterocycles. The third kappa shape index (κ3) is 3.06. The minimum Gasteiger partial charge on any atom is -0.467 e. The second-order valence-corrected chi connectivity index (χ2v) is 7.10. The summed E-state index contributed by atoms with van der Waals surface area (Å²) in [7, 11) is 2.63. The number of carbonyl (C=O) groups excluding carboxylic acids is 3. The summed E-state index contributed by atoms with van der Waals surface area (Å²) < 4.78 is 15.7. The van der Waals surface area contributed by atoms with Gasteiger partial charge in [-0.3, -0.25) is 4.90 Å². The number of carbonyl (C=O) groups is 3. The Labute approximate surface area is 167 Å². The molecule has 150 valence electrons. The van der Waals surface area contributed by atoms with Gasteiger partial charge >= 0.3 is 18.0 Å². The minimum atomic E-state index is -0.931. The van der Waals surface area contributed by atoms with Crippen LogP contribution in [0.25, 0.3) is 0 Å². The molecule has 2 amide bonds. The molecular formula is C21H20N2O6. The first kappa shape index (κ1) is 18.8. The SMILES string of the molecule is COC(=O)c1ccc(N2C(=O)NC3CC2(C)Oc2ccc(C(=O)OC)cc23)cc1. The number of anilines is 1. The van der Waals surface area contributed by atoms with Crippen molar-refractivity contribution in [2.45, 2.75) is 25.1 Å². The molecule has 2 aliphatic heterocycles. The quantitative estimate of drug-likeness (QED) is 0.802. The monoisotopic (exact) mass is 396 g/mol. The zero-order valence-corrected chi connectivity index (χ0v) is 16.2. The summed E-state index contributed by atoms with van der Waals surface area (Å²) in [6.07, 6.45) is 0.481. The van der Waals surface area contributed by atoms with Crippen molar-refractivity contribution in [1.29, 1.82) is 0 Å². The van der Waals surface area contributed by atoms with Crippen molar-refractivity contribution in [3.63, 3.8) is 0 Å². The highest BCUT2D eigenvalue weighted by atomic mass is 16.5. The van der Waals surface area contributed by atoms with E-state index in [1.165, 1.54) is 19.1 Å². The predicted molar refractivity (Wildman–Crippen MR) is 103 cm³/mol. The second kappa shape index (κ2) is 6.80. The van der Waals surface area contributed by atoms with Crippen molar-refractivity contribution >= 4 is 23.7 Å². The van der Waals surface area contributed by atoms with E-state index in [1.54, 1.807) is 42.5 Å². The van der Waals surface area contributed by atoms with Crippen LogP contribution in [0.2, 0.25) is 0 Å². The Kier molecular flexibility index (Phi) is 4.41. The fourth-order valence-corrected chi connectivity index (χ4v) is 3.87. The lowest BCUT2D eigenvalue weighted by molar-refractivity contribution is 0.0377. The van der Waals surface area contributed by atoms with Gasteiger partial charge in [-0.1, -0.05) is 0 Å². The van der Waals surface area contributed by atoms with E-state index in [-0.39, 0.29) is 12.1 Å². The number of urea groups is 1. The smallest absolute Gasteiger partial charge is 0.337 e. The number of nitrogens with one attached hydrogen (secondary N) is 1. The Morgan fingerprint density at radius 1 is 1.07 bits per heavy atom. The molecule has 8 heteroatoms. The fraction of sp³-hybridized carbons (Fsp3) is 0.286. The van der Waals surface area contributed by atoms with E-state index in [0.717, 1.165) is 5.56 Å². The number of rotatable bonds is 3. The van der Waals surface area contributed by atoms with E-state index in [2.05, 4.69) is 5.32 Å². The van der Waals surface area contributed by atoms with Gasteiger partial charge < -0.3 is 19.5 Å². The summed E-state index contributed by atoms with van der Waals surface area (Å²) in [5.74, 6) is -0.307. The number of nitrogens with zero attached hydrogens (tertiary/aromatic N) is 1. The molecule has 2 aliphatic rings. The number of amides is 2. The van der Waals surface area contributed by atoms with Gasteiger partial charge in [0.1, 0.15) is 5.75 Å². The van der Waals surface area contributed by atoms with E-state index in [1.807, 2.05) is 6.92 Å². The third-order valence-electron chi connectivity index (χ3n) is 5.24. The van der Waals surface area contributed by atoms with Crippen LogP contribution in [0, 0.1) is 0 Å². The second-order valence-electron chi connectivity index (χ2n) is 7.10. The molecule has 1 saturated heterocycles. The van der Waals surface area contributed by atoms with Gasteiger partial charge in [-0.05, 0) is 49.4 Å². The molecule has 2 unspecified atom stereocenters. The van der Waals surface area contributed by atoms with E-state index in [9.17, 15) is 14.4 Å². The van der Waals surface area contributed by atoms with Crippen LogP contribution in [-0.4, -0.2) is 37.9 Å². The number of methoxy groups -OCH3 is 2. The number of fused-ring (bicyclic) bond motifs is 4. The van der Waals surface area contributed by atoms with Crippen molar-refractivity contribution in [1.82, 2.24) is 5.32 Å². The zero-order chi connectivity index (χ0) is 20.8. The van der Waals surface area contributed by atoms with Gasteiger partial charge in [-0.15, -0.1) is 0 Å². The Morgan fingerprint density at radius 3 is 2.34 bits per heavy atom. The van der Waals surface area contributed by atoms with Crippen LogP contribution >= 0.6 is 0 Å².